The Bertz CT molecular complexity index is 847. The molecule has 5 nitrogen and oxygen atoms in total. The van der Waals surface area contributed by atoms with Crippen molar-refractivity contribution in [1.82, 2.24) is 0 Å². The third-order valence-electron chi connectivity index (χ3n) is 2.61. The summed E-state index contributed by atoms with van der Waals surface area (Å²) in [6.07, 6.45) is 0. The monoisotopic (exact) mass is 385 g/mol. The predicted octanol–water partition coefficient (Wildman–Crippen LogP) is 3.36. The summed E-state index contributed by atoms with van der Waals surface area (Å²) in [6, 6.07) is 10.7. The Labute approximate surface area is 135 Å². The molecule has 0 saturated carbocycles. The zero-order valence-electron chi connectivity index (χ0n) is 10.5. The summed E-state index contributed by atoms with van der Waals surface area (Å²) in [6.45, 7) is 0. The molecule has 0 amide bonds. The molecule has 0 aliphatic carbocycles. The van der Waals surface area contributed by atoms with Gasteiger partial charge in [-0.2, -0.15) is 5.26 Å². The van der Waals surface area contributed by atoms with Crippen molar-refractivity contribution in [3.05, 3.63) is 51.5 Å². The maximum atomic E-state index is 12.4. The number of rotatable bonds is 3. The summed E-state index contributed by atoms with van der Waals surface area (Å²) in [5.74, 6) is 0. The van der Waals surface area contributed by atoms with E-state index in [9.17, 15) is 8.42 Å². The first kappa shape index (κ1) is 15.6. The molecular formula is C13H9BrClN3O2S. The fraction of sp³-hybridized carbons (Fsp3) is 0. The Balaban J connectivity index is 2.50. The fourth-order valence-corrected chi connectivity index (χ4v) is 3.47. The second-order valence-electron chi connectivity index (χ2n) is 4.09. The molecule has 0 fully saturated rings. The molecule has 0 bridgehead atoms. The van der Waals surface area contributed by atoms with Crippen molar-refractivity contribution >= 4 is 48.9 Å². The van der Waals surface area contributed by atoms with E-state index in [0.29, 0.717) is 4.47 Å². The summed E-state index contributed by atoms with van der Waals surface area (Å²) in [5.41, 5.74) is 6.10. The molecule has 2 rings (SSSR count). The number of nitriles is 1. The van der Waals surface area contributed by atoms with Crippen molar-refractivity contribution in [2.24, 2.45) is 0 Å². The van der Waals surface area contributed by atoms with E-state index in [1.54, 1.807) is 6.07 Å². The quantitative estimate of drug-likeness (QED) is 0.791. The Morgan fingerprint density at radius 1 is 1.24 bits per heavy atom. The van der Waals surface area contributed by atoms with Crippen LogP contribution >= 0.6 is 27.5 Å². The number of benzene rings is 2. The molecule has 0 radical (unpaired) electrons. The maximum absolute atomic E-state index is 12.4. The van der Waals surface area contributed by atoms with Crippen molar-refractivity contribution in [3.8, 4) is 6.07 Å². The highest BCUT2D eigenvalue weighted by molar-refractivity contribution is 9.10. The normalized spacial score (nSPS) is 10.9. The van der Waals surface area contributed by atoms with Crippen molar-refractivity contribution in [2.75, 3.05) is 10.5 Å². The zero-order chi connectivity index (χ0) is 15.6. The molecule has 2 aromatic carbocycles. The summed E-state index contributed by atoms with van der Waals surface area (Å²) in [4.78, 5) is -0.140. The first-order chi connectivity index (χ1) is 9.83. The fourth-order valence-electron chi connectivity index (χ4n) is 1.64. The van der Waals surface area contributed by atoms with Crippen molar-refractivity contribution < 1.29 is 8.42 Å². The first-order valence-corrected chi connectivity index (χ1v) is 8.26. The first-order valence-electron chi connectivity index (χ1n) is 5.61. The maximum Gasteiger partial charge on any atom is 0.264 e. The number of sulfonamides is 1. The number of nitrogen functional groups attached to an aromatic ring is 1. The highest BCUT2D eigenvalue weighted by atomic mass is 79.9. The van der Waals surface area contributed by atoms with Crippen molar-refractivity contribution in [3.63, 3.8) is 0 Å². The number of nitrogens with one attached hydrogen (secondary N) is 1. The van der Waals surface area contributed by atoms with Gasteiger partial charge in [0.15, 0.2) is 0 Å². The smallest absolute Gasteiger partial charge is 0.264 e. The van der Waals surface area contributed by atoms with Gasteiger partial charge in [0, 0.05) is 9.50 Å². The van der Waals surface area contributed by atoms with E-state index < -0.39 is 10.0 Å². The molecule has 0 aliphatic heterocycles. The van der Waals surface area contributed by atoms with Gasteiger partial charge in [-0.05, 0) is 36.4 Å². The van der Waals surface area contributed by atoms with Crippen LogP contribution in [0, 0.1) is 11.3 Å². The Kier molecular flexibility index (Phi) is 4.42. The second-order valence-corrected chi connectivity index (χ2v) is 7.09. The van der Waals surface area contributed by atoms with Crippen LogP contribution in [-0.4, -0.2) is 8.42 Å². The number of halogens is 2. The minimum atomic E-state index is -3.95. The summed E-state index contributed by atoms with van der Waals surface area (Å²) in [5, 5.41) is 9.28. The van der Waals surface area contributed by atoms with Gasteiger partial charge in [-0.25, -0.2) is 8.42 Å². The standard InChI is InChI=1S/C13H9BrClN3O2S/c14-9-2-1-8(7-16)12(5-9)18-21(19,20)13-6-10(15)3-4-11(13)17/h1-6,18H,17H2. The minimum absolute atomic E-state index is 0.0698. The topological polar surface area (TPSA) is 96.0 Å². The van der Waals surface area contributed by atoms with Crippen molar-refractivity contribution in [2.45, 2.75) is 4.90 Å². The lowest BCUT2D eigenvalue weighted by Gasteiger charge is -2.12. The molecule has 21 heavy (non-hydrogen) atoms. The van der Waals surface area contributed by atoms with E-state index in [4.69, 9.17) is 22.6 Å². The van der Waals surface area contributed by atoms with Gasteiger partial charge in [0.25, 0.3) is 10.0 Å². The van der Waals surface area contributed by atoms with E-state index in [2.05, 4.69) is 20.7 Å². The van der Waals surface area contributed by atoms with Gasteiger partial charge in [0.05, 0.1) is 16.9 Å². The van der Waals surface area contributed by atoms with Crippen LogP contribution in [0.15, 0.2) is 45.8 Å². The van der Waals surface area contributed by atoms with Crippen LogP contribution < -0.4 is 10.5 Å². The molecule has 0 heterocycles. The van der Waals surface area contributed by atoms with Gasteiger partial charge in [0.1, 0.15) is 11.0 Å². The minimum Gasteiger partial charge on any atom is -0.398 e. The molecule has 0 spiro atoms. The highest BCUT2D eigenvalue weighted by Gasteiger charge is 2.19. The number of nitrogens with zero attached hydrogens (tertiary/aromatic N) is 1. The number of hydrogen-bond acceptors (Lipinski definition) is 4. The van der Waals surface area contributed by atoms with Crippen LogP contribution in [0.4, 0.5) is 11.4 Å². The number of hydrogen-bond donors (Lipinski definition) is 2. The lowest BCUT2D eigenvalue weighted by atomic mass is 10.2. The van der Waals surface area contributed by atoms with Crippen LogP contribution in [0.5, 0.6) is 0 Å². The van der Waals surface area contributed by atoms with E-state index in [-0.39, 0.29) is 26.9 Å². The van der Waals surface area contributed by atoms with Crippen LogP contribution in [0.1, 0.15) is 5.56 Å². The molecule has 0 atom stereocenters. The molecule has 2 aromatic rings. The zero-order valence-corrected chi connectivity index (χ0v) is 13.6. The predicted molar refractivity (Wildman–Crippen MR) is 85.5 cm³/mol. The largest absolute Gasteiger partial charge is 0.398 e. The Morgan fingerprint density at radius 2 is 1.95 bits per heavy atom. The highest BCUT2D eigenvalue weighted by Crippen LogP contribution is 2.27. The molecule has 0 saturated heterocycles. The van der Waals surface area contributed by atoms with E-state index in [0.717, 1.165) is 0 Å². The van der Waals surface area contributed by atoms with E-state index in [1.807, 2.05) is 6.07 Å². The van der Waals surface area contributed by atoms with Crippen molar-refractivity contribution in [1.29, 1.82) is 5.26 Å². The molecule has 0 unspecified atom stereocenters. The summed E-state index contributed by atoms with van der Waals surface area (Å²) < 4.78 is 27.7. The molecule has 0 aliphatic rings. The van der Waals surface area contributed by atoms with Gasteiger partial charge >= 0.3 is 0 Å². The summed E-state index contributed by atoms with van der Waals surface area (Å²) >= 11 is 9.03. The third-order valence-corrected chi connectivity index (χ3v) is 4.76. The summed E-state index contributed by atoms with van der Waals surface area (Å²) in [7, 11) is -3.95. The van der Waals surface area contributed by atoms with Gasteiger partial charge in [0.2, 0.25) is 0 Å². The van der Waals surface area contributed by atoms with Crippen LogP contribution in [0.3, 0.4) is 0 Å². The average Bonchev–Trinajstić information content (AvgIpc) is 2.41. The van der Waals surface area contributed by atoms with Gasteiger partial charge in [-0.15, -0.1) is 0 Å². The van der Waals surface area contributed by atoms with Gasteiger partial charge in [-0.3, -0.25) is 4.72 Å². The van der Waals surface area contributed by atoms with Gasteiger partial charge in [-0.1, -0.05) is 27.5 Å². The average molecular weight is 387 g/mol. The van der Waals surface area contributed by atoms with Crippen LogP contribution in [0.2, 0.25) is 5.02 Å². The molecule has 0 aromatic heterocycles. The lowest BCUT2D eigenvalue weighted by Crippen LogP contribution is -2.15. The molecular weight excluding hydrogens is 378 g/mol. The van der Waals surface area contributed by atoms with Crippen LogP contribution in [0.25, 0.3) is 0 Å². The third kappa shape index (κ3) is 3.47. The number of anilines is 2. The lowest BCUT2D eigenvalue weighted by molar-refractivity contribution is 0.601. The van der Waals surface area contributed by atoms with E-state index >= 15 is 0 Å². The van der Waals surface area contributed by atoms with Crippen LogP contribution in [-0.2, 0) is 10.0 Å². The van der Waals surface area contributed by atoms with E-state index in [1.165, 1.54) is 30.3 Å². The molecule has 108 valence electrons. The Hall–Kier alpha value is -1.75. The molecule has 3 N–H and O–H groups in total. The SMILES string of the molecule is N#Cc1ccc(Br)cc1NS(=O)(=O)c1cc(Cl)ccc1N. The number of nitrogens with two attached hydrogens (primary N) is 1. The Morgan fingerprint density at radius 3 is 2.62 bits per heavy atom. The second kappa shape index (κ2) is 5.93. The van der Waals surface area contributed by atoms with Gasteiger partial charge < -0.3 is 5.73 Å². The molecule has 8 heteroatoms.